The molecule has 2 aromatic heterocycles. The molecule has 0 aliphatic heterocycles. The van der Waals surface area contributed by atoms with Crippen LogP contribution in [0.4, 0.5) is 5.69 Å². The highest BCUT2D eigenvalue weighted by molar-refractivity contribution is 7.15. The number of anilines is 1. The van der Waals surface area contributed by atoms with Crippen LogP contribution in [0.25, 0.3) is 22.4 Å². The number of benzene rings is 3. The van der Waals surface area contributed by atoms with Gasteiger partial charge in [0.15, 0.2) is 12.4 Å². The number of aromatic nitrogens is 3. The standard InChI is InChI=1S/C25H17ClN4O3S/c26-18-10-12-19(13-11-18)27-22(31)15-33-20-9-5-4-8-17(20)14-21-24(32)30-25(34-21)28-23(29-30)16-6-2-1-3-7-16/h1-14H,15H2,(H,27,31)/b21-14-. The van der Waals surface area contributed by atoms with E-state index in [-0.39, 0.29) is 18.1 Å². The molecule has 34 heavy (non-hydrogen) atoms. The Bertz CT molecular complexity index is 1580. The number of halogens is 1. The third-order valence-corrected chi connectivity index (χ3v) is 6.12. The molecule has 9 heteroatoms. The Morgan fingerprint density at radius 3 is 2.53 bits per heavy atom. The van der Waals surface area contributed by atoms with Gasteiger partial charge in [-0.2, -0.15) is 9.50 Å². The molecule has 0 aliphatic carbocycles. The molecule has 0 aliphatic rings. The number of nitrogens with one attached hydrogen (secondary N) is 1. The van der Waals surface area contributed by atoms with Crippen LogP contribution in [0.2, 0.25) is 5.02 Å². The normalized spacial score (nSPS) is 11.6. The van der Waals surface area contributed by atoms with Gasteiger partial charge < -0.3 is 10.1 Å². The predicted molar refractivity (Wildman–Crippen MR) is 133 cm³/mol. The zero-order valence-electron chi connectivity index (χ0n) is 17.6. The minimum absolute atomic E-state index is 0.187. The molecule has 0 fully saturated rings. The van der Waals surface area contributed by atoms with E-state index >= 15 is 0 Å². The van der Waals surface area contributed by atoms with E-state index in [1.165, 1.54) is 15.9 Å². The van der Waals surface area contributed by atoms with Gasteiger partial charge in [-0.25, -0.2) is 0 Å². The third kappa shape index (κ3) is 4.68. The Morgan fingerprint density at radius 1 is 1.03 bits per heavy atom. The van der Waals surface area contributed by atoms with Crippen molar-refractivity contribution in [2.75, 3.05) is 11.9 Å². The first-order valence-corrected chi connectivity index (χ1v) is 11.5. The predicted octanol–water partition coefficient (Wildman–Crippen LogP) is 4.04. The SMILES string of the molecule is O=C(COc1ccccc1/C=c1\sc2nc(-c3ccccc3)nn2c1=O)Nc1ccc(Cl)cc1. The minimum Gasteiger partial charge on any atom is -0.483 e. The first kappa shape index (κ1) is 21.8. The highest BCUT2D eigenvalue weighted by Gasteiger charge is 2.13. The summed E-state index contributed by atoms with van der Waals surface area (Å²) in [5.74, 6) is 0.678. The molecule has 1 N–H and O–H groups in total. The van der Waals surface area contributed by atoms with Crippen LogP contribution < -0.4 is 20.1 Å². The number of ether oxygens (including phenoxy) is 1. The zero-order valence-corrected chi connectivity index (χ0v) is 19.2. The van der Waals surface area contributed by atoms with Crippen LogP contribution >= 0.6 is 22.9 Å². The van der Waals surface area contributed by atoms with Gasteiger partial charge in [0.05, 0.1) is 4.53 Å². The van der Waals surface area contributed by atoms with E-state index in [0.29, 0.717) is 37.3 Å². The van der Waals surface area contributed by atoms with Crippen molar-refractivity contribution in [3.8, 4) is 17.1 Å². The maximum atomic E-state index is 12.9. The summed E-state index contributed by atoms with van der Waals surface area (Å²) in [6.45, 7) is -0.187. The van der Waals surface area contributed by atoms with E-state index in [1.54, 1.807) is 42.5 Å². The van der Waals surface area contributed by atoms with Gasteiger partial charge in [-0.1, -0.05) is 71.5 Å². The van der Waals surface area contributed by atoms with E-state index in [0.717, 1.165) is 5.56 Å². The number of rotatable bonds is 6. The van der Waals surface area contributed by atoms with Gasteiger partial charge in [0, 0.05) is 21.8 Å². The smallest absolute Gasteiger partial charge is 0.291 e. The van der Waals surface area contributed by atoms with E-state index < -0.39 is 0 Å². The molecule has 0 radical (unpaired) electrons. The van der Waals surface area contributed by atoms with Gasteiger partial charge in [0.1, 0.15) is 5.75 Å². The van der Waals surface area contributed by atoms with Crippen LogP contribution in [0.3, 0.4) is 0 Å². The average Bonchev–Trinajstić information content (AvgIpc) is 3.40. The summed E-state index contributed by atoms with van der Waals surface area (Å²) in [5.41, 5.74) is 1.88. The van der Waals surface area contributed by atoms with Gasteiger partial charge in [-0.05, 0) is 36.4 Å². The van der Waals surface area contributed by atoms with Gasteiger partial charge in [0.25, 0.3) is 11.5 Å². The fraction of sp³-hybridized carbons (Fsp3) is 0.0400. The van der Waals surface area contributed by atoms with Crippen molar-refractivity contribution in [3.05, 3.63) is 104 Å². The van der Waals surface area contributed by atoms with Crippen LogP contribution in [0.15, 0.2) is 83.7 Å². The highest BCUT2D eigenvalue weighted by Crippen LogP contribution is 2.20. The first-order valence-electron chi connectivity index (χ1n) is 10.3. The lowest BCUT2D eigenvalue weighted by molar-refractivity contribution is -0.118. The van der Waals surface area contributed by atoms with Crippen molar-refractivity contribution in [2.45, 2.75) is 0 Å². The van der Waals surface area contributed by atoms with Crippen LogP contribution in [0.5, 0.6) is 5.75 Å². The van der Waals surface area contributed by atoms with E-state index in [9.17, 15) is 9.59 Å². The fourth-order valence-electron chi connectivity index (χ4n) is 3.29. The Labute approximate surface area is 202 Å². The zero-order chi connectivity index (χ0) is 23.5. The lowest BCUT2D eigenvalue weighted by Gasteiger charge is -2.09. The molecule has 2 heterocycles. The van der Waals surface area contributed by atoms with E-state index in [2.05, 4.69) is 15.4 Å². The second-order valence-corrected chi connectivity index (χ2v) is 8.74. The molecular weight excluding hydrogens is 472 g/mol. The second-order valence-electron chi connectivity index (χ2n) is 7.29. The van der Waals surface area contributed by atoms with Crippen LogP contribution in [0, 0.1) is 0 Å². The molecule has 3 aromatic carbocycles. The fourth-order valence-corrected chi connectivity index (χ4v) is 4.31. The number of carbonyl (C=O) groups is 1. The summed E-state index contributed by atoms with van der Waals surface area (Å²) in [6.07, 6.45) is 1.72. The summed E-state index contributed by atoms with van der Waals surface area (Å²) < 4.78 is 7.51. The quantitative estimate of drug-likeness (QED) is 0.390. The molecule has 5 aromatic rings. The number of nitrogens with zero attached hydrogens (tertiary/aromatic N) is 3. The molecule has 7 nitrogen and oxygen atoms in total. The van der Waals surface area contributed by atoms with Gasteiger partial charge in [-0.3, -0.25) is 9.59 Å². The summed E-state index contributed by atoms with van der Waals surface area (Å²) in [7, 11) is 0. The average molecular weight is 489 g/mol. The number of hydrogen-bond acceptors (Lipinski definition) is 6. The number of amides is 1. The topological polar surface area (TPSA) is 85.6 Å². The molecule has 0 bridgehead atoms. The summed E-state index contributed by atoms with van der Waals surface area (Å²) >= 11 is 7.11. The summed E-state index contributed by atoms with van der Waals surface area (Å²) in [5, 5.41) is 7.70. The molecular formula is C25H17ClN4O3S. The molecule has 0 spiro atoms. The minimum atomic E-state index is -0.311. The molecule has 1 amide bonds. The largest absolute Gasteiger partial charge is 0.483 e. The van der Waals surface area contributed by atoms with Crippen molar-refractivity contribution in [2.24, 2.45) is 0 Å². The molecule has 0 saturated carbocycles. The molecule has 0 saturated heterocycles. The Morgan fingerprint density at radius 2 is 1.76 bits per heavy atom. The monoisotopic (exact) mass is 488 g/mol. The second kappa shape index (κ2) is 9.46. The Balaban J connectivity index is 1.36. The van der Waals surface area contributed by atoms with Gasteiger partial charge >= 0.3 is 0 Å². The van der Waals surface area contributed by atoms with Crippen molar-refractivity contribution < 1.29 is 9.53 Å². The Kier molecular flexibility index (Phi) is 6.07. The van der Waals surface area contributed by atoms with Gasteiger partial charge in [0.2, 0.25) is 4.96 Å². The molecule has 168 valence electrons. The van der Waals surface area contributed by atoms with Gasteiger partial charge in [-0.15, -0.1) is 5.10 Å². The summed E-state index contributed by atoms with van der Waals surface area (Å²) in [4.78, 5) is 30.2. The molecule has 0 atom stereocenters. The maximum absolute atomic E-state index is 12.9. The number of thiazole rings is 1. The van der Waals surface area contributed by atoms with E-state index in [1.807, 2.05) is 42.5 Å². The highest BCUT2D eigenvalue weighted by atomic mass is 35.5. The van der Waals surface area contributed by atoms with Crippen LogP contribution in [-0.2, 0) is 4.79 Å². The maximum Gasteiger partial charge on any atom is 0.291 e. The van der Waals surface area contributed by atoms with Crippen LogP contribution in [-0.4, -0.2) is 27.1 Å². The van der Waals surface area contributed by atoms with Crippen LogP contribution in [0.1, 0.15) is 5.56 Å². The number of carbonyl (C=O) groups excluding carboxylic acids is 1. The summed E-state index contributed by atoms with van der Waals surface area (Å²) in [6, 6.07) is 23.5. The van der Waals surface area contributed by atoms with Crippen molar-refractivity contribution in [3.63, 3.8) is 0 Å². The number of para-hydroxylation sites is 1. The molecule has 5 rings (SSSR count). The lowest BCUT2D eigenvalue weighted by atomic mass is 10.2. The third-order valence-electron chi connectivity index (χ3n) is 4.91. The first-order chi connectivity index (χ1) is 16.6. The molecule has 0 unspecified atom stereocenters. The van der Waals surface area contributed by atoms with Crippen molar-refractivity contribution >= 4 is 45.6 Å². The Hall–Kier alpha value is -4.01. The van der Waals surface area contributed by atoms with Crippen molar-refractivity contribution in [1.82, 2.24) is 14.6 Å². The van der Waals surface area contributed by atoms with E-state index in [4.69, 9.17) is 16.3 Å². The number of fused-ring (bicyclic) bond motifs is 1. The lowest BCUT2D eigenvalue weighted by Crippen LogP contribution is -2.24. The van der Waals surface area contributed by atoms with Crippen molar-refractivity contribution in [1.29, 1.82) is 0 Å². The number of hydrogen-bond donors (Lipinski definition) is 1.